The van der Waals surface area contributed by atoms with Gasteiger partial charge < -0.3 is 10.0 Å². The van der Waals surface area contributed by atoms with E-state index in [4.69, 9.17) is 5.11 Å². The molecule has 2 nitrogen and oxygen atoms in total. The van der Waals surface area contributed by atoms with Crippen LogP contribution in [0.5, 0.6) is 0 Å². The number of piperidine rings is 1. The Morgan fingerprint density at radius 1 is 1.28 bits per heavy atom. The number of aliphatic hydroxyl groups excluding tert-OH is 1. The molecule has 18 heavy (non-hydrogen) atoms. The molecule has 0 spiro atoms. The van der Waals surface area contributed by atoms with Gasteiger partial charge in [0.15, 0.2) is 0 Å². The van der Waals surface area contributed by atoms with E-state index in [0.717, 1.165) is 11.8 Å². The van der Waals surface area contributed by atoms with Crippen molar-refractivity contribution in [3.8, 4) is 11.8 Å². The second kappa shape index (κ2) is 10.4. The van der Waals surface area contributed by atoms with Crippen molar-refractivity contribution in [1.82, 2.24) is 4.90 Å². The van der Waals surface area contributed by atoms with Gasteiger partial charge in [0.1, 0.15) is 6.61 Å². The fraction of sp³-hybridized carbons (Fsp3) is 0.875. The molecule has 0 aromatic heterocycles. The molecule has 1 heterocycles. The molecular formula is C16H31NO. The predicted octanol–water partition coefficient (Wildman–Crippen LogP) is 3.01. The maximum atomic E-state index is 8.14. The molecule has 1 aliphatic rings. The van der Waals surface area contributed by atoms with E-state index in [1.807, 2.05) is 13.8 Å². The van der Waals surface area contributed by atoms with Crippen LogP contribution in [0.1, 0.15) is 47.5 Å². The minimum atomic E-state index is -0.0157. The highest BCUT2D eigenvalue weighted by atomic mass is 16.2. The van der Waals surface area contributed by atoms with Crippen molar-refractivity contribution in [2.24, 2.45) is 17.8 Å². The third kappa shape index (κ3) is 10.6. The number of nitrogens with zero attached hydrogens (tertiary/aromatic N) is 1. The Labute approximate surface area is 114 Å². The summed E-state index contributed by atoms with van der Waals surface area (Å²) < 4.78 is 0. The van der Waals surface area contributed by atoms with Gasteiger partial charge in [-0.2, -0.15) is 0 Å². The number of likely N-dealkylation sites (tertiary alicyclic amines) is 1. The summed E-state index contributed by atoms with van der Waals surface area (Å²) in [5.74, 6) is 7.50. The molecule has 2 heteroatoms. The van der Waals surface area contributed by atoms with Gasteiger partial charge in [0, 0.05) is 19.0 Å². The van der Waals surface area contributed by atoms with Gasteiger partial charge in [0.05, 0.1) is 0 Å². The Morgan fingerprint density at radius 3 is 2.33 bits per heavy atom. The van der Waals surface area contributed by atoms with Crippen LogP contribution in [0, 0.1) is 29.6 Å². The van der Waals surface area contributed by atoms with E-state index in [1.54, 1.807) is 0 Å². The molecule has 0 aliphatic carbocycles. The van der Waals surface area contributed by atoms with E-state index in [0.29, 0.717) is 5.92 Å². The van der Waals surface area contributed by atoms with Gasteiger partial charge in [-0.25, -0.2) is 0 Å². The molecule has 0 amide bonds. The fourth-order valence-electron chi connectivity index (χ4n) is 2.22. The first-order valence-electron chi connectivity index (χ1n) is 7.27. The first kappa shape index (κ1) is 17.5. The lowest BCUT2D eigenvalue weighted by molar-refractivity contribution is 0.167. The lowest BCUT2D eigenvalue weighted by atomic mass is 9.99. The molecule has 0 aromatic carbocycles. The monoisotopic (exact) mass is 253 g/mol. The predicted molar refractivity (Wildman–Crippen MR) is 79.4 cm³/mol. The third-order valence-corrected chi connectivity index (χ3v) is 2.83. The van der Waals surface area contributed by atoms with E-state index >= 15 is 0 Å². The summed E-state index contributed by atoms with van der Waals surface area (Å²) in [7, 11) is 0. The normalized spacial score (nSPS) is 20.1. The van der Waals surface area contributed by atoms with Gasteiger partial charge in [-0.1, -0.05) is 46.5 Å². The van der Waals surface area contributed by atoms with Crippen molar-refractivity contribution in [2.45, 2.75) is 47.5 Å². The van der Waals surface area contributed by atoms with E-state index < -0.39 is 0 Å². The van der Waals surface area contributed by atoms with Gasteiger partial charge in [0.2, 0.25) is 0 Å². The maximum Gasteiger partial charge on any atom is 0.104 e. The highest BCUT2D eigenvalue weighted by Crippen LogP contribution is 2.16. The molecule has 1 fully saturated rings. The van der Waals surface area contributed by atoms with Crippen molar-refractivity contribution in [2.75, 3.05) is 26.2 Å². The quantitative estimate of drug-likeness (QED) is 0.765. The summed E-state index contributed by atoms with van der Waals surface area (Å²) in [5, 5.41) is 8.14. The van der Waals surface area contributed by atoms with E-state index in [2.05, 4.69) is 37.5 Å². The molecule has 0 aromatic rings. The Morgan fingerprint density at radius 2 is 1.94 bits per heavy atom. The summed E-state index contributed by atoms with van der Waals surface area (Å²) in [6.07, 6.45) is 2.85. The first-order valence-corrected chi connectivity index (χ1v) is 7.27. The average Bonchev–Trinajstić information content (AvgIpc) is 2.26. The molecule has 106 valence electrons. The van der Waals surface area contributed by atoms with Crippen molar-refractivity contribution in [1.29, 1.82) is 0 Å². The molecule has 1 atom stereocenters. The lowest BCUT2D eigenvalue weighted by Crippen LogP contribution is -2.36. The topological polar surface area (TPSA) is 23.5 Å². The zero-order valence-corrected chi connectivity index (χ0v) is 12.9. The van der Waals surface area contributed by atoms with Crippen LogP contribution in [0.4, 0.5) is 0 Å². The van der Waals surface area contributed by atoms with Crippen LogP contribution < -0.4 is 0 Å². The van der Waals surface area contributed by atoms with Crippen LogP contribution in [0.3, 0.4) is 0 Å². The second-order valence-corrected chi connectivity index (χ2v) is 6.03. The second-order valence-electron chi connectivity index (χ2n) is 6.03. The average molecular weight is 253 g/mol. The Kier molecular flexibility index (Phi) is 10.1. The maximum absolute atomic E-state index is 8.14. The third-order valence-electron chi connectivity index (χ3n) is 2.83. The van der Waals surface area contributed by atoms with Gasteiger partial charge >= 0.3 is 0 Å². The highest BCUT2D eigenvalue weighted by molar-refractivity contribution is 5.00. The molecule has 1 rings (SSSR count). The molecule has 0 bridgehead atoms. The van der Waals surface area contributed by atoms with Crippen LogP contribution in [0.2, 0.25) is 0 Å². The minimum Gasteiger partial charge on any atom is -0.384 e. The summed E-state index contributed by atoms with van der Waals surface area (Å²) >= 11 is 0. The lowest BCUT2D eigenvalue weighted by Gasteiger charge is -2.31. The van der Waals surface area contributed by atoms with Crippen molar-refractivity contribution in [3.63, 3.8) is 0 Å². The van der Waals surface area contributed by atoms with Gasteiger partial charge in [-0.15, -0.1) is 0 Å². The SMILES string of the molecule is CC(C)C#CCO.CC(C)CN1CCC[C@H](C)C1. The number of aliphatic hydroxyl groups is 1. The Balaban J connectivity index is 0.000000360. The van der Waals surface area contributed by atoms with E-state index in [9.17, 15) is 0 Å². The zero-order chi connectivity index (χ0) is 14.0. The Hall–Kier alpha value is -0.520. The first-order chi connectivity index (χ1) is 8.45. The summed E-state index contributed by atoms with van der Waals surface area (Å²) in [6, 6.07) is 0. The highest BCUT2D eigenvalue weighted by Gasteiger charge is 2.16. The van der Waals surface area contributed by atoms with E-state index in [-0.39, 0.29) is 6.61 Å². The van der Waals surface area contributed by atoms with Crippen molar-refractivity contribution >= 4 is 0 Å². The smallest absolute Gasteiger partial charge is 0.104 e. The molecular weight excluding hydrogens is 222 g/mol. The molecule has 1 N–H and O–H groups in total. The van der Waals surface area contributed by atoms with Gasteiger partial charge in [0.25, 0.3) is 0 Å². The van der Waals surface area contributed by atoms with E-state index in [1.165, 1.54) is 32.5 Å². The van der Waals surface area contributed by atoms with Crippen molar-refractivity contribution < 1.29 is 5.11 Å². The van der Waals surface area contributed by atoms with Crippen LogP contribution >= 0.6 is 0 Å². The fourth-order valence-corrected chi connectivity index (χ4v) is 2.22. The van der Waals surface area contributed by atoms with Crippen LogP contribution in [0.25, 0.3) is 0 Å². The molecule has 0 unspecified atom stereocenters. The standard InChI is InChI=1S/C10H21N.C6H10O/c1-9(2)7-11-6-4-5-10(3)8-11;1-6(2)4-3-5-7/h9-10H,4-8H2,1-3H3;6-7H,5H2,1-2H3/t10-;/m0./s1. The molecule has 1 aliphatic heterocycles. The molecule has 1 saturated heterocycles. The zero-order valence-electron chi connectivity index (χ0n) is 12.9. The number of rotatable bonds is 2. The summed E-state index contributed by atoms with van der Waals surface area (Å²) in [4.78, 5) is 2.61. The van der Waals surface area contributed by atoms with Crippen LogP contribution in [0.15, 0.2) is 0 Å². The minimum absolute atomic E-state index is 0.0157. The van der Waals surface area contributed by atoms with Gasteiger partial charge in [-0.05, 0) is 31.2 Å². The number of hydrogen-bond acceptors (Lipinski definition) is 2. The van der Waals surface area contributed by atoms with Crippen LogP contribution in [-0.2, 0) is 0 Å². The largest absolute Gasteiger partial charge is 0.384 e. The molecule has 0 radical (unpaired) electrons. The molecule has 0 saturated carbocycles. The Bertz CT molecular complexity index is 248. The van der Waals surface area contributed by atoms with Crippen LogP contribution in [-0.4, -0.2) is 36.2 Å². The number of hydrogen-bond donors (Lipinski definition) is 1. The van der Waals surface area contributed by atoms with Gasteiger partial charge in [-0.3, -0.25) is 0 Å². The summed E-state index contributed by atoms with van der Waals surface area (Å²) in [6.45, 7) is 14.9. The van der Waals surface area contributed by atoms with Crippen molar-refractivity contribution in [3.05, 3.63) is 0 Å². The summed E-state index contributed by atoms with van der Waals surface area (Å²) in [5.41, 5.74) is 0.